The van der Waals surface area contributed by atoms with Crippen LogP contribution in [0.4, 0.5) is 4.79 Å². The average Bonchev–Trinajstić information content (AvgIpc) is 3.19. The topological polar surface area (TPSA) is 81.9 Å². The van der Waals surface area contributed by atoms with E-state index in [-0.39, 0.29) is 18.5 Å². The van der Waals surface area contributed by atoms with Crippen molar-refractivity contribution >= 4 is 12.0 Å². The van der Waals surface area contributed by atoms with Crippen LogP contribution >= 0.6 is 0 Å². The minimum absolute atomic E-state index is 0.0333. The Bertz CT molecular complexity index is 671. The van der Waals surface area contributed by atoms with Gasteiger partial charge in [-0.2, -0.15) is 5.10 Å². The Balaban J connectivity index is 1.71. The molecule has 138 valence electrons. The number of likely N-dealkylation sites (tertiary alicyclic amines) is 2. The minimum Gasteiger partial charge on any atom is -0.481 e. The number of hydrogen-bond acceptors (Lipinski definition) is 4. The maximum absolute atomic E-state index is 12.2. The van der Waals surface area contributed by atoms with E-state index in [9.17, 15) is 14.7 Å². The Hall–Kier alpha value is -2.09. The molecule has 2 fully saturated rings. The summed E-state index contributed by atoms with van der Waals surface area (Å²) in [5.41, 5.74) is 0.232. The van der Waals surface area contributed by atoms with Gasteiger partial charge in [-0.25, -0.2) is 4.79 Å². The first kappa shape index (κ1) is 17.7. The van der Waals surface area contributed by atoms with Gasteiger partial charge in [0.1, 0.15) is 5.41 Å². The maximum atomic E-state index is 12.2. The average molecular weight is 349 g/mol. The molecule has 25 heavy (non-hydrogen) atoms. The van der Waals surface area contributed by atoms with E-state index in [4.69, 9.17) is 0 Å². The molecular formula is C17H27N5O3. The zero-order valence-electron chi connectivity index (χ0n) is 15.3. The molecule has 0 unspecified atom stereocenters. The first-order valence-corrected chi connectivity index (χ1v) is 8.68. The summed E-state index contributed by atoms with van der Waals surface area (Å²) in [4.78, 5) is 29.6. The largest absolute Gasteiger partial charge is 0.481 e. The molecule has 0 aromatic carbocycles. The molecule has 1 aromatic heterocycles. The van der Waals surface area contributed by atoms with E-state index < -0.39 is 11.4 Å². The Morgan fingerprint density at radius 1 is 1.36 bits per heavy atom. The van der Waals surface area contributed by atoms with Crippen molar-refractivity contribution in [1.82, 2.24) is 24.5 Å². The van der Waals surface area contributed by atoms with Crippen LogP contribution in [0.15, 0.2) is 12.4 Å². The van der Waals surface area contributed by atoms with Crippen molar-refractivity contribution in [3.8, 4) is 0 Å². The highest BCUT2D eigenvalue weighted by Gasteiger charge is 2.58. The van der Waals surface area contributed by atoms with Crippen LogP contribution in [0.25, 0.3) is 0 Å². The highest BCUT2D eigenvalue weighted by Crippen LogP contribution is 2.43. The summed E-state index contributed by atoms with van der Waals surface area (Å²) in [6.07, 6.45) is 3.87. The van der Waals surface area contributed by atoms with Crippen LogP contribution in [0, 0.1) is 11.3 Å². The molecule has 2 atom stereocenters. The third-order valence-corrected chi connectivity index (χ3v) is 5.35. The number of amides is 2. The molecule has 0 saturated carbocycles. The number of carbonyl (C=O) groups is 2. The predicted molar refractivity (Wildman–Crippen MR) is 92.1 cm³/mol. The highest BCUT2D eigenvalue weighted by molar-refractivity contribution is 5.80. The summed E-state index contributed by atoms with van der Waals surface area (Å²) in [6, 6.07) is 0.197. The van der Waals surface area contributed by atoms with E-state index >= 15 is 0 Å². The van der Waals surface area contributed by atoms with E-state index in [1.54, 1.807) is 19.0 Å². The van der Waals surface area contributed by atoms with Crippen LogP contribution in [0.2, 0.25) is 0 Å². The van der Waals surface area contributed by atoms with Crippen LogP contribution in [0.5, 0.6) is 0 Å². The summed E-state index contributed by atoms with van der Waals surface area (Å²) >= 11 is 0. The lowest BCUT2D eigenvalue weighted by molar-refractivity contribution is -0.148. The normalized spacial score (nSPS) is 26.3. The number of hydrogen-bond donors (Lipinski definition) is 1. The number of nitrogens with zero attached hydrogens (tertiary/aromatic N) is 5. The van der Waals surface area contributed by atoms with Gasteiger partial charge < -0.3 is 14.9 Å². The van der Waals surface area contributed by atoms with Gasteiger partial charge in [0.2, 0.25) is 0 Å². The molecule has 3 rings (SSSR count). The summed E-state index contributed by atoms with van der Waals surface area (Å²) < 4.78 is 1.91. The number of fused-ring (bicyclic) bond motifs is 1. The molecule has 8 heteroatoms. The van der Waals surface area contributed by atoms with Crippen LogP contribution in [-0.4, -0.2) is 81.9 Å². The number of aromatic nitrogens is 2. The summed E-state index contributed by atoms with van der Waals surface area (Å²) in [5, 5.41) is 14.2. The third kappa shape index (κ3) is 3.10. The van der Waals surface area contributed by atoms with Gasteiger partial charge in [0.05, 0.1) is 6.20 Å². The lowest BCUT2D eigenvalue weighted by Crippen LogP contribution is -2.44. The van der Waals surface area contributed by atoms with E-state index in [0.29, 0.717) is 32.2 Å². The van der Waals surface area contributed by atoms with Crippen LogP contribution < -0.4 is 0 Å². The van der Waals surface area contributed by atoms with Gasteiger partial charge in [0.25, 0.3) is 0 Å². The minimum atomic E-state index is -0.861. The van der Waals surface area contributed by atoms with Crippen LogP contribution in [0.1, 0.15) is 25.5 Å². The molecule has 2 aliphatic heterocycles. The summed E-state index contributed by atoms with van der Waals surface area (Å²) in [7, 11) is 3.39. The van der Waals surface area contributed by atoms with Gasteiger partial charge >= 0.3 is 12.0 Å². The van der Waals surface area contributed by atoms with Gasteiger partial charge in [-0.05, 0) is 13.8 Å². The molecule has 0 spiro atoms. The number of carboxylic acids is 1. The summed E-state index contributed by atoms with van der Waals surface area (Å²) in [6.45, 7) is 6.80. The van der Waals surface area contributed by atoms with Crippen molar-refractivity contribution in [2.75, 3.05) is 40.3 Å². The second-order valence-corrected chi connectivity index (χ2v) is 7.81. The molecule has 0 bridgehead atoms. The molecular weight excluding hydrogens is 322 g/mol. The van der Waals surface area contributed by atoms with E-state index in [1.807, 2.05) is 17.1 Å². The molecule has 0 aliphatic carbocycles. The Morgan fingerprint density at radius 2 is 2.08 bits per heavy atom. The first-order chi connectivity index (χ1) is 11.7. The van der Waals surface area contributed by atoms with Crippen molar-refractivity contribution in [2.45, 2.75) is 26.4 Å². The number of aliphatic carboxylic acids is 1. The van der Waals surface area contributed by atoms with E-state index in [1.165, 1.54) is 4.90 Å². The Morgan fingerprint density at radius 3 is 2.60 bits per heavy atom. The fourth-order valence-electron chi connectivity index (χ4n) is 4.02. The molecule has 2 aliphatic rings. The van der Waals surface area contributed by atoms with Gasteiger partial charge in [-0.1, -0.05) is 0 Å². The standard InChI is InChI=1S/C17H27N5O3/c1-12(2)22-7-13(5-18-22)6-20-8-14-9-21(16(25)19(3)4)11-17(14,10-20)15(23)24/h5,7,12,14H,6,8-11H2,1-4H3,(H,23,24)/t14-,17-/m1/s1. The molecule has 3 heterocycles. The Kier molecular flexibility index (Phi) is 4.49. The predicted octanol–water partition coefficient (Wildman–Crippen LogP) is 0.964. The van der Waals surface area contributed by atoms with Crippen molar-refractivity contribution in [3.63, 3.8) is 0 Å². The van der Waals surface area contributed by atoms with E-state index in [2.05, 4.69) is 23.8 Å². The van der Waals surface area contributed by atoms with Crippen molar-refractivity contribution in [1.29, 1.82) is 0 Å². The first-order valence-electron chi connectivity index (χ1n) is 8.68. The molecule has 8 nitrogen and oxygen atoms in total. The highest BCUT2D eigenvalue weighted by atomic mass is 16.4. The quantitative estimate of drug-likeness (QED) is 0.876. The van der Waals surface area contributed by atoms with Crippen molar-refractivity contribution in [3.05, 3.63) is 18.0 Å². The number of rotatable bonds is 4. The zero-order chi connectivity index (χ0) is 18.4. The van der Waals surface area contributed by atoms with Crippen molar-refractivity contribution in [2.24, 2.45) is 11.3 Å². The number of urea groups is 1. The van der Waals surface area contributed by atoms with Gasteiger partial charge in [0, 0.05) is 70.5 Å². The smallest absolute Gasteiger partial charge is 0.319 e. The number of carboxylic acid groups (broad SMARTS) is 1. The van der Waals surface area contributed by atoms with Crippen molar-refractivity contribution < 1.29 is 14.7 Å². The third-order valence-electron chi connectivity index (χ3n) is 5.35. The lowest BCUT2D eigenvalue weighted by Gasteiger charge is -2.26. The van der Waals surface area contributed by atoms with E-state index in [0.717, 1.165) is 5.56 Å². The fourth-order valence-corrected chi connectivity index (χ4v) is 4.02. The molecule has 1 N–H and O–H groups in total. The molecule has 2 amide bonds. The monoisotopic (exact) mass is 349 g/mol. The fraction of sp³-hybridized carbons (Fsp3) is 0.706. The second kappa shape index (κ2) is 6.33. The zero-order valence-corrected chi connectivity index (χ0v) is 15.3. The maximum Gasteiger partial charge on any atom is 0.319 e. The molecule has 1 aromatic rings. The van der Waals surface area contributed by atoms with Gasteiger partial charge in [-0.15, -0.1) is 0 Å². The SMILES string of the molecule is CC(C)n1cc(CN2C[C@@H]3CN(C(=O)N(C)C)C[C@]3(C(=O)O)C2)cn1. The van der Waals surface area contributed by atoms with Crippen LogP contribution in [0.3, 0.4) is 0 Å². The molecule has 0 radical (unpaired) electrons. The van der Waals surface area contributed by atoms with Gasteiger partial charge in [0.15, 0.2) is 0 Å². The Labute approximate surface area is 148 Å². The van der Waals surface area contributed by atoms with Gasteiger partial charge in [-0.3, -0.25) is 14.4 Å². The molecule has 2 saturated heterocycles. The number of carbonyl (C=O) groups excluding carboxylic acids is 1. The summed E-state index contributed by atoms with van der Waals surface area (Å²) in [5.74, 6) is -0.832. The van der Waals surface area contributed by atoms with Crippen LogP contribution in [-0.2, 0) is 11.3 Å². The second-order valence-electron chi connectivity index (χ2n) is 7.81. The lowest BCUT2D eigenvalue weighted by atomic mass is 9.81.